The molecule has 4 atom stereocenters. The molecule has 5 nitrogen and oxygen atoms in total. The summed E-state index contributed by atoms with van der Waals surface area (Å²) in [5, 5.41) is 2.84. The van der Waals surface area contributed by atoms with Gasteiger partial charge in [0.2, 0.25) is 11.8 Å². The largest absolute Gasteiger partial charge is 0.340 e. The maximum Gasteiger partial charge on any atom is 0.249 e. The summed E-state index contributed by atoms with van der Waals surface area (Å²) in [6.45, 7) is 6.31. The van der Waals surface area contributed by atoms with E-state index in [-0.39, 0.29) is 28.0 Å². The van der Waals surface area contributed by atoms with Crippen molar-refractivity contribution in [3.8, 4) is 0 Å². The number of rotatable bonds is 3. The monoisotopic (exact) mass is 319 g/mol. The zero-order valence-electron chi connectivity index (χ0n) is 12.9. The van der Waals surface area contributed by atoms with Gasteiger partial charge in [0.1, 0.15) is 17.5 Å². The van der Waals surface area contributed by atoms with Gasteiger partial charge in [0.15, 0.2) is 0 Å². The van der Waals surface area contributed by atoms with Crippen molar-refractivity contribution in [1.82, 2.24) is 10.2 Å². The fourth-order valence-corrected chi connectivity index (χ4v) is 4.61. The van der Waals surface area contributed by atoms with Gasteiger partial charge in [-0.2, -0.15) is 0 Å². The molecule has 2 aliphatic heterocycles. The summed E-state index contributed by atoms with van der Waals surface area (Å²) >= 11 is 1.74. The smallest absolute Gasteiger partial charge is 0.249 e. The number of nitrogens with zero attached hydrogens (tertiary/aromatic N) is 1. The standard InChI is InChI=1S/C16H21N3O2S/c1-9-16(2,3)22-15-12(14(21)19(9)15)18-13(20)11(17)10-7-5-4-6-8-10/h4-9,11-12,15H,17H2,1-3H3,(H,18,20). The Morgan fingerprint density at radius 1 is 1.36 bits per heavy atom. The van der Waals surface area contributed by atoms with Crippen LogP contribution in [-0.4, -0.2) is 38.9 Å². The molecule has 0 bridgehead atoms. The van der Waals surface area contributed by atoms with Crippen molar-refractivity contribution < 1.29 is 9.59 Å². The molecule has 1 aromatic rings. The van der Waals surface area contributed by atoms with Gasteiger partial charge >= 0.3 is 0 Å². The Balaban J connectivity index is 1.68. The number of hydrogen-bond acceptors (Lipinski definition) is 4. The molecule has 118 valence electrons. The molecule has 4 unspecified atom stereocenters. The molecule has 2 saturated heterocycles. The van der Waals surface area contributed by atoms with Gasteiger partial charge < -0.3 is 16.0 Å². The molecule has 2 aliphatic rings. The van der Waals surface area contributed by atoms with Crippen molar-refractivity contribution >= 4 is 23.6 Å². The second-order valence-corrected chi connectivity index (χ2v) is 8.18. The summed E-state index contributed by atoms with van der Waals surface area (Å²) in [7, 11) is 0. The summed E-state index contributed by atoms with van der Waals surface area (Å²) < 4.78 is 0.00134. The van der Waals surface area contributed by atoms with Crippen LogP contribution in [-0.2, 0) is 9.59 Å². The highest BCUT2D eigenvalue weighted by Crippen LogP contribution is 2.50. The van der Waals surface area contributed by atoms with Gasteiger partial charge in [0.25, 0.3) is 0 Å². The van der Waals surface area contributed by atoms with E-state index in [1.807, 2.05) is 35.2 Å². The first-order valence-electron chi connectivity index (χ1n) is 7.44. The molecule has 0 spiro atoms. The predicted molar refractivity (Wildman–Crippen MR) is 87.1 cm³/mol. The predicted octanol–water partition coefficient (Wildman–Crippen LogP) is 1.25. The molecular weight excluding hydrogens is 298 g/mol. The zero-order chi connectivity index (χ0) is 16.1. The minimum Gasteiger partial charge on any atom is -0.340 e. The van der Waals surface area contributed by atoms with Crippen LogP contribution < -0.4 is 11.1 Å². The molecule has 0 aliphatic carbocycles. The third-order valence-corrected chi connectivity index (χ3v) is 6.36. The molecule has 0 saturated carbocycles. The Hall–Kier alpha value is -1.53. The number of fused-ring (bicyclic) bond motifs is 1. The molecule has 3 rings (SSSR count). The van der Waals surface area contributed by atoms with E-state index < -0.39 is 12.1 Å². The summed E-state index contributed by atoms with van der Waals surface area (Å²) in [6, 6.07) is 8.15. The number of thioether (sulfide) groups is 1. The van der Waals surface area contributed by atoms with Gasteiger partial charge in [-0.1, -0.05) is 30.3 Å². The number of amides is 2. The van der Waals surface area contributed by atoms with Crippen molar-refractivity contribution in [3.05, 3.63) is 35.9 Å². The lowest BCUT2D eigenvalue weighted by Crippen LogP contribution is -2.69. The molecule has 0 aromatic heterocycles. The lowest BCUT2D eigenvalue weighted by molar-refractivity contribution is -0.150. The minimum atomic E-state index is -0.750. The maximum atomic E-state index is 12.3. The first kappa shape index (κ1) is 15.4. The quantitative estimate of drug-likeness (QED) is 0.822. The van der Waals surface area contributed by atoms with Crippen LogP contribution in [0, 0.1) is 0 Å². The highest BCUT2D eigenvalue weighted by Gasteiger charge is 2.60. The van der Waals surface area contributed by atoms with Gasteiger partial charge in [-0.25, -0.2) is 0 Å². The number of carbonyl (C=O) groups is 2. The Kier molecular flexibility index (Phi) is 3.69. The van der Waals surface area contributed by atoms with Crippen LogP contribution in [0.25, 0.3) is 0 Å². The fraction of sp³-hybridized carbons (Fsp3) is 0.500. The van der Waals surface area contributed by atoms with Crippen LogP contribution in [0.3, 0.4) is 0 Å². The van der Waals surface area contributed by atoms with Crippen LogP contribution >= 0.6 is 11.8 Å². The van der Waals surface area contributed by atoms with Crippen LogP contribution in [0.4, 0.5) is 0 Å². The van der Waals surface area contributed by atoms with Crippen molar-refractivity contribution in [3.63, 3.8) is 0 Å². The fourth-order valence-electron chi connectivity index (χ4n) is 2.95. The molecule has 2 heterocycles. The van der Waals surface area contributed by atoms with Crippen LogP contribution in [0.15, 0.2) is 30.3 Å². The van der Waals surface area contributed by atoms with Crippen molar-refractivity contribution in [1.29, 1.82) is 0 Å². The number of benzene rings is 1. The van der Waals surface area contributed by atoms with Gasteiger partial charge in [-0.3, -0.25) is 9.59 Å². The Morgan fingerprint density at radius 2 is 2.00 bits per heavy atom. The second kappa shape index (κ2) is 5.28. The number of β-lactam (4-membered cyclic amide) rings is 1. The second-order valence-electron chi connectivity index (χ2n) is 6.41. The van der Waals surface area contributed by atoms with E-state index in [1.54, 1.807) is 11.8 Å². The topological polar surface area (TPSA) is 75.4 Å². The summed E-state index contributed by atoms with van der Waals surface area (Å²) in [5.41, 5.74) is 6.73. The minimum absolute atomic E-state index is 0.00134. The van der Waals surface area contributed by atoms with Crippen LogP contribution in [0.5, 0.6) is 0 Å². The highest BCUT2D eigenvalue weighted by molar-refractivity contribution is 8.01. The SMILES string of the molecule is CC1N2C(=O)C(NC(=O)C(N)c3ccccc3)C2SC1(C)C. The molecule has 1 aromatic carbocycles. The van der Waals surface area contributed by atoms with E-state index in [4.69, 9.17) is 5.73 Å². The molecule has 2 amide bonds. The van der Waals surface area contributed by atoms with E-state index >= 15 is 0 Å². The molecule has 2 fully saturated rings. The summed E-state index contributed by atoms with van der Waals surface area (Å²) in [5.74, 6) is -0.314. The maximum absolute atomic E-state index is 12.3. The third-order valence-electron chi connectivity index (χ3n) is 4.67. The number of nitrogens with one attached hydrogen (secondary N) is 1. The Morgan fingerprint density at radius 3 is 2.64 bits per heavy atom. The number of hydrogen-bond donors (Lipinski definition) is 2. The van der Waals surface area contributed by atoms with Gasteiger partial charge in [0.05, 0.1) is 0 Å². The molecule has 3 N–H and O–H groups in total. The molecule has 0 radical (unpaired) electrons. The molecular formula is C16H21N3O2S. The lowest BCUT2D eigenvalue weighted by Gasteiger charge is -2.44. The van der Waals surface area contributed by atoms with Crippen molar-refractivity contribution in [2.45, 2.75) is 49.0 Å². The number of nitrogens with two attached hydrogens (primary N) is 1. The normalized spacial score (nSPS) is 30.5. The van der Waals surface area contributed by atoms with E-state index in [0.717, 1.165) is 5.56 Å². The third kappa shape index (κ3) is 2.30. The van der Waals surface area contributed by atoms with E-state index in [0.29, 0.717) is 0 Å². The highest BCUT2D eigenvalue weighted by atomic mass is 32.2. The molecule has 22 heavy (non-hydrogen) atoms. The van der Waals surface area contributed by atoms with Crippen molar-refractivity contribution in [2.24, 2.45) is 5.73 Å². The van der Waals surface area contributed by atoms with Gasteiger partial charge in [-0.05, 0) is 26.3 Å². The van der Waals surface area contributed by atoms with Gasteiger partial charge in [-0.15, -0.1) is 11.8 Å². The Labute approximate surface area is 134 Å². The van der Waals surface area contributed by atoms with E-state index in [9.17, 15) is 9.59 Å². The average Bonchev–Trinajstić information content (AvgIpc) is 2.72. The van der Waals surface area contributed by atoms with E-state index in [1.165, 1.54) is 0 Å². The van der Waals surface area contributed by atoms with Crippen LogP contribution in [0.1, 0.15) is 32.4 Å². The first-order chi connectivity index (χ1) is 10.3. The van der Waals surface area contributed by atoms with Crippen LogP contribution in [0.2, 0.25) is 0 Å². The zero-order valence-corrected chi connectivity index (χ0v) is 13.8. The average molecular weight is 319 g/mol. The van der Waals surface area contributed by atoms with Crippen molar-refractivity contribution in [2.75, 3.05) is 0 Å². The Bertz CT molecular complexity index is 605. The summed E-state index contributed by atoms with van der Waals surface area (Å²) in [4.78, 5) is 26.5. The number of carbonyl (C=O) groups excluding carboxylic acids is 2. The summed E-state index contributed by atoms with van der Waals surface area (Å²) in [6.07, 6.45) is 0. The van der Waals surface area contributed by atoms with E-state index in [2.05, 4.69) is 26.1 Å². The molecule has 6 heteroatoms. The van der Waals surface area contributed by atoms with Gasteiger partial charge in [0, 0.05) is 10.8 Å². The first-order valence-corrected chi connectivity index (χ1v) is 8.32. The lowest BCUT2D eigenvalue weighted by atomic mass is 9.97.